The van der Waals surface area contributed by atoms with Crippen LogP contribution >= 0.6 is 0 Å². The van der Waals surface area contributed by atoms with Gasteiger partial charge in [0.2, 0.25) is 0 Å². The minimum atomic E-state index is -0.855. The molecule has 2 fully saturated rings. The number of hydrogen-bond acceptors (Lipinski definition) is 5. The molecular weight excluding hydrogens is 328 g/mol. The Labute approximate surface area is 154 Å². The summed E-state index contributed by atoms with van der Waals surface area (Å²) in [6.45, 7) is 3.36. The van der Waals surface area contributed by atoms with Crippen molar-refractivity contribution in [3.63, 3.8) is 0 Å². The van der Waals surface area contributed by atoms with Crippen molar-refractivity contribution in [1.29, 1.82) is 0 Å². The summed E-state index contributed by atoms with van der Waals surface area (Å²) in [7, 11) is 4.09. The second-order valence-electron chi connectivity index (χ2n) is 7.91. The molecule has 6 nitrogen and oxygen atoms in total. The third-order valence-corrected chi connectivity index (χ3v) is 5.92. The van der Waals surface area contributed by atoms with Gasteiger partial charge in [-0.2, -0.15) is 0 Å². The van der Waals surface area contributed by atoms with Crippen LogP contribution in [0.25, 0.3) is 0 Å². The fourth-order valence-electron chi connectivity index (χ4n) is 4.05. The van der Waals surface area contributed by atoms with Gasteiger partial charge in [-0.15, -0.1) is 10.2 Å². The van der Waals surface area contributed by atoms with E-state index in [0.29, 0.717) is 12.5 Å². The molecule has 2 atom stereocenters. The molecule has 0 spiro atoms. The van der Waals surface area contributed by atoms with Crippen molar-refractivity contribution < 1.29 is 9.84 Å². The molecule has 1 saturated heterocycles. The van der Waals surface area contributed by atoms with Crippen molar-refractivity contribution >= 4 is 0 Å². The van der Waals surface area contributed by atoms with Crippen LogP contribution in [0, 0.1) is 0 Å². The number of ether oxygens (including phenoxy) is 1. The van der Waals surface area contributed by atoms with Crippen LogP contribution in [0.2, 0.25) is 0 Å². The van der Waals surface area contributed by atoms with Gasteiger partial charge in [-0.25, -0.2) is 0 Å². The van der Waals surface area contributed by atoms with Crippen LogP contribution in [0.5, 0.6) is 5.75 Å². The first-order chi connectivity index (χ1) is 12.5. The van der Waals surface area contributed by atoms with Crippen LogP contribution in [0.3, 0.4) is 0 Å². The maximum Gasteiger partial charge on any atom is 0.170 e. The van der Waals surface area contributed by atoms with Gasteiger partial charge in [0.1, 0.15) is 23.8 Å². The minimum Gasteiger partial charge on any atom is -0.486 e. The molecule has 140 valence electrons. The summed E-state index contributed by atoms with van der Waals surface area (Å²) in [5.41, 5.74) is 0.0743. The summed E-state index contributed by atoms with van der Waals surface area (Å²) >= 11 is 0. The number of nitrogens with zero attached hydrogens (tertiary/aromatic N) is 4. The van der Waals surface area contributed by atoms with Gasteiger partial charge in [0, 0.05) is 19.0 Å². The van der Waals surface area contributed by atoms with E-state index in [0.717, 1.165) is 42.3 Å². The topological polar surface area (TPSA) is 63.4 Å². The number of benzene rings is 1. The number of aromatic nitrogens is 3. The third-order valence-electron chi connectivity index (χ3n) is 5.92. The van der Waals surface area contributed by atoms with Gasteiger partial charge in [0.25, 0.3) is 0 Å². The van der Waals surface area contributed by atoms with Crippen molar-refractivity contribution in [3.8, 4) is 5.75 Å². The Kier molecular flexibility index (Phi) is 4.49. The number of hydrogen-bond donors (Lipinski definition) is 1. The van der Waals surface area contributed by atoms with E-state index in [-0.39, 0.29) is 6.04 Å². The van der Waals surface area contributed by atoms with Gasteiger partial charge < -0.3 is 19.3 Å². The highest BCUT2D eigenvalue weighted by Crippen LogP contribution is 2.39. The number of likely N-dealkylation sites (N-methyl/N-ethyl adjacent to an activating group) is 1. The molecule has 1 unspecified atom stereocenters. The van der Waals surface area contributed by atoms with Gasteiger partial charge in [-0.3, -0.25) is 0 Å². The fourth-order valence-corrected chi connectivity index (χ4v) is 4.05. The highest BCUT2D eigenvalue weighted by Gasteiger charge is 2.38. The van der Waals surface area contributed by atoms with Gasteiger partial charge in [-0.05, 0) is 63.9 Å². The average molecular weight is 356 g/mol. The lowest BCUT2D eigenvalue weighted by Gasteiger charge is -2.35. The van der Waals surface area contributed by atoms with Crippen molar-refractivity contribution in [2.75, 3.05) is 13.6 Å². The lowest BCUT2D eigenvalue weighted by Crippen LogP contribution is -2.43. The first-order valence-corrected chi connectivity index (χ1v) is 9.51. The molecule has 2 heterocycles. The summed E-state index contributed by atoms with van der Waals surface area (Å²) < 4.78 is 7.93. The maximum atomic E-state index is 11.0. The first-order valence-electron chi connectivity index (χ1n) is 9.51. The molecule has 0 amide bonds. The second kappa shape index (κ2) is 6.67. The summed E-state index contributed by atoms with van der Waals surface area (Å²) in [5.74, 6) is 3.27. The predicted molar refractivity (Wildman–Crippen MR) is 99.0 cm³/mol. The summed E-state index contributed by atoms with van der Waals surface area (Å²) in [6.07, 6.45) is 4.59. The Morgan fingerprint density at radius 1 is 1.15 bits per heavy atom. The minimum absolute atomic E-state index is 0.161. The van der Waals surface area contributed by atoms with Crippen LogP contribution in [-0.2, 0) is 19.3 Å². The Hall–Kier alpha value is -1.92. The average Bonchev–Trinajstić information content (AvgIpc) is 3.26. The third kappa shape index (κ3) is 3.23. The quantitative estimate of drug-likeness (QED) is 0.862. The van der Waals surface area contributed by atoms with Crippen LogP contribution in [0.4, 0.5) is 0 Å². The molecular formula is C20H28N4O2. The molecule has 2 aromatic rings. The normalized spacial score (nSPS) is 23.2. The lowest BCUT2D eigenvalue weighted by atomic mass is 9.87. The lowest BCUT2D eigenvalue weighted by molar-refractivity contribution is -0.0153. The van der Waals surface area contributed by atoms with E-state index in [9.17, 15) is 5.11 Å². The van der Waals surface area contributed by atoms with Gasteiger partial charge in [0.05, 0.1) is 0 Å². The zero-order chi connectivity index (χ0) is 18.3. The summed E-state index contributed by atoms with van der Waals surface area (Å²) in [6, 6.07) is 7.95. The maximum absolute atomic E-state index is 11.0. The largest absolute Gasteiger partial charge is 0.486 e. The van der Waals surface area contributed by atoms with E-state index >= 15 is 0 Å². The molecule has 2 aliphatic rings. The Morgan fingerprint density at radius 3 is 2.50 bits per heavy atom. The van der Waals surface area contributed by atoms with E-state index < -0.39 is 5.60 Å². The molecule has 26 heavy (non-hydrogen) atoms. The fraction of sp³-hybridized carbons (Fsp3) is 0.600. The van der Waals surface area contributed by atoms with Crippen LogP contribution in [0.1, 0.15) is 55.7 Å². The second-order valence-corrected chi connectivity index (χ2v) is 7.91. The number of rotatable bonds is 6. The van der Waals surface area contributed by atoms with E-state index in [4.69, 9.17) is 4.74 Å². The highest BCUT2D eigenvalue weighted by molar-refractivity contribution is 5.32. The molecule has 1 aliphatic carbocycles. The van der Waals surface area contributed by atoms with E-state index in [1.165, 1.54) is 12.8 Å². The van der Waals surface area contributed by atoms with Gasteiger partial charge in [0.15, 0.2) is 5.82 Å². The van der Waals surface area contributed by atoms with Gasteiger partial charge in [-0.1, -0.05) is 12.1 Å². The number of likely N-dealkylation sites (tertiary alicyclic amines) is 1. The van der Waals surface area contributed by atoms with E-state index in [1.54, 1.807) is 0 Å². The van der Waals surface area contributed by atoms with Crippen molar-refractivity contribution in [3.05, 3.63) is 41.5 Å². The SMILES string of the molecule is CN1CCC[C@@H]1C(C)(O)c1ccc(OCc2nnc(C3CC3)n2C)cc1. The predicted octanol–water partition coefficient (Wildman–Crippen LogP) is 2.57. The molecule has 6 heteroatoms. The smallest absolute Gasteiger partial charge is 0.170 e. The summed E-state index contributed by atoms with van der Waals surface area (Å²) in [5, 5.41) is 19.6. The molecule has 1 aromatic heterocycles. The molecule has 1 saturated carbocycles. The van der Waals surface area contributed by atoms with Crippen molar-refractivity contribution in [2.45, 2.75) is 56.8 Å². The van der Waals surface area contributed by atoms with Crippen LogP contribution in [0.15, 0.2) is 24.3 Å². The molecule has 0 radical (unpaired) electrons. The van der Waals surface area contributed by atoms with Crippen molar-refractivity contribution in [1.82, 2.24) is 19.7 Å². The molecule has 4 rings (SSSR count). The van der Waals surface area contributed by atoms with Crippen molar-refractivity contribution in [2.24, 2.45) is 7.05 Å². The zero-order valence-electron chi connectivity index (χ0n) is 15.9. The Morgan fingerprint density at radius 2 is 1.88 bits per heavy atom. The molecule has 1 aliphatic heterocycles. The van der Waals surface area contributed by atoms with Gasteiger partial charge >= 0.3 is 0 Å². The number of aliphatic hydroxyl groups is 1. The molecule has 0 bridgehead atoms. The highest BCUT2D eigenvalue weighted by atomic mass is 16.5. The Bertz CT molecular complexity index is 765. The summed E-state index contributed by atoms with van der Waals surface area (Å²) in [4.78, 5) is 2.25. The van der Waals surface area contributed by atoms with Crippen LogP contribution < -0.4 is 4.74 Å². The molecule has 1 aromatic carbocycles. The van der Waals surface area contributed by atoms with Crippen LogP contribution in [-0.4, -0.2) is 44.4 Å². The van der Waals surface area contributed by atoms with E-state index in [2.05, 4.69) is 22.1 Å². The standard InChI is InChI=1S/C20H28N4O2/c1-20(25,17-5-4-12-23(17)2)15-8-10-16(11-9-15)26-13-18-21-22-19(24(18)3)14-6-7-14/h8-11,14,17,25H,4-7,12-13H2,1-3H3/t17-,20?/m1/s1. The zero-order valence-corrected chi connectivity index (χ0v) is 15.9. The first kappa shape index (κ1) is 17.5. The van der Waals surface area contributed by atoms with E-state index in [1.807, 2.05) is 42.8 Å². The monoisotopic (exact) mass is 356 g/mol. The Balaban J connectivity index is 1.41. The molecule has 1 N–H and O–H groups in total.